The van der Waals surface area contributed by atoms with Crippen molar-refractivity contribution in [2.45, 2.75) is 12.6 Å². The van der Waals surface area contributed by atoms with Gasteiger partial charge in [-0.3, -0.25) is 0 Å². The molecule has 0 spiro atoms. The van der Waals surface area contributed by atoms with E-state index in [2.05, 4.69) is 0 Å². The second kappa shape index (κ2) is 4.24. The Morgan fingerprint density at radius 1 is 1.18 bits per heavy atom. The van der Waals surface area contributed by atoms with Crippen LogP contribution in [0.25, 0.3) is 0 Å². The van der Waals surface area contributed by atoms with Crippen LogP contribution in [0, 0.1) is 0 Å². The summed E-state index contributed by atoms with van der Waals surface area (Å²) in [6, 6.07) is 4.76. The number of carbonyl (C=O) groups excluding carboxylic acids is 1. The van der Waals surface area contributed by atoms with Crippen LogP contribution in [0.3, 0.4) is 0 Å². The molecule has 1 heterocycles. The Morgan fingerprint density at radius 3 is 2.29 bits per heavy atom. The Morgan fingerprint density at radius 2 is 1.82 bits per heavy atom. The fraction of sp³-hybridized carbons (Fsp3) is 0.250. The molecule has 0 radical (unpaired) electrons. The Bertz CT molecular complexity index is 458. The molecule has 0 N–H and O–H groups in total. The van der Waals surface area contributed by atoms with E-state index >= 15 is 0 Å². The zero-order valence-electron chi connectivity index (χ0n) is 8.75. The van der Waals surface area contributed by atoms with Gasteiger partial charge in [-0.2, -0.15) is 13.2 Å². The van der Waals surface area contributed by atoms with Crippen LogP contribution in [0.1, 0.15) is 11.1 Å². The molecule has 0 atom stereocenters. The van der Waals surface area contributed by atoms with Crippen molar-refractivity contribution in [1.82, 2.24) is 0 Å². The van der Waals surface area contributed by atoms with Crippen molar-refractivity contribution in [1.29, 1.82) is 0 Å². The van der Waals surface area contributed by atoms with Crippen molar-refractivity contribution in [3.63, 3.8) is 0 Å². The molecule has 2 rings (SSSR count). The number of halogens is 3. The molecule has 0 saturated carbocycles. The SMILES string of the molecule is O=C1OCC=C1Cc1ccc(C(F)(F)F)cc1. The molecule has 1 aliphatic rings. The maximum Gasteiger partial charge on any atom is 0.416 e. The predicted molar refractivity (Wildman–Crippen MR) is 54.2 cm³/mol. The number of ether oxygens (including phenoxy) is 1. The van der Waals surface area contributed by atoms with Gasteiger partial charge in [-0.25, -0.2) is 4.79 Å². The Hall–Kier alpha value is -1.78. The van der Waals surface area contributed by atoms with E-state index in [1.807, 2.05) is 0 Å². The molecule has 0 unspecified atom stereocenters. The fourth-order valence-corrected chi connectivity index (χ4v) is 1.57. The topological polar surface area (TPSA) is 26.3 Å². The molecule has 1 aliphatic heterocycles. The van der Waals surface area contributed by atoms with Gasteiger partial charge in [-0.15, -0.1) is 0 Å². The van der Waals surface area contributed by atoms with Gasteiger partial charge in [0.25, 0.3) is 0 Å². The second-order valence-corrected chi connectivity index (χ2v) is 3.70. The zero-order chi connectivity index (χ0) is 12.5. The first-order valence-corrected chi connectivity index (χ1v) is 4.99. The smallest absolute Gasteiger partial charge is 0.416 e. The van der Waals surface area contributed by atoms with Gasteiger partial charge in [-0.1, -0.05) is 12.1 Å². The monoisotopic (exact) mass is 242 g/mol. The minimum Gasteiger partial charge on any atom is -0.458 e. The largest absolute Gasteiger partial charge is 0.458 e. The lowest BCUT2D eigenvalue weighted by atomic mass is 10.0. The van der Waals surface area contributed by atoms with E-state index < -0.39 is 17.7 Å². The molecule has 5 heteroatoms. The summed E-state index contributed by atoms with van der Waals surface area (Å²) in [7, 11) is 0. The Balaban J connectivity index is 2.11. The van der Waals surface area contributed by atoms with E-state index in [-0.39, 0.29) is 6.61 Å². The third-order valence-electron chi connectivity index (χ3n) is 2.48. The van der Waals surface area contributed by atoms with Gasteiger partial charge in [0.05, 0.1) is 5.56 Å². The number of esters is 1. The lowest BCUT2D eigenvalue weighted by Crippen LogP contribution is -2.05. The lowest BCUT2D eigenvalue weighted by Gasteiger charge is -2.07. The average Bonchev–Trinajstić information content (AvgIpc) is 2.64. The third kappa shape index (κ3) is 2.67. The molecular formula is C12H9F3O2. The number of alkyl halides is 3. The highest BCUT2D eigenvalue weighted by Crippen LogP contribution is 2.29. The van der Waals surface area contributed by atoms with Crippen molar-refractivity contribution in [3.8, 4) is 0 Å². The summed E-state index contributed by atoms with van der Waals surface area (Å²) in [5.41, 5.74) is 0.456. The minimum absolute atomic E-state index is 0.245. The first kappa shape index (κ1) is 11.7. The van der Waals surface area contributed by atoms with E-state index in [9.17, 15) is 18.0 Å². The van der Waals surface area contributed by atoms with Crippen molar-refractivity contribution >= 4 is 5.97 Å². The number of rotatable bonds is 2. The molecule has 0 amide bonds. The maximum atomic E-state index is 12.3. The van der Waals surface area contributed by atoms with Crippen LogP contribution in [-0.4, -0.2) is 12.6 Å². The molecular weight excluding hydrogens is 233 g/mol. The van der Waals surface area contributed by atoms with Gasteiger partial charge in [0.15, 0.2) is 0 Å². The first-order chi connectivity index (χ1) is 7.97. The van der Waals surface area contributed by atoms with Gasteiger partial charge >= 0.3 is 12.1 Å². The van der Waals surface area contributed by atoms with Gasteiger partial charge in [-0.05, 0) is 23.8 Å². The van der Waals surface area contributed by atoms with Crippen molar-refractivity contribution < 1.29 is 22.7 Å². The highest BCUT2D eigenvalue weighted by Gasteiger charge is 2.30. The van der Waals surface area contributed by atoms with Crippen LogP contribution in [-0.2, 0) is 22.1 Å². The van der Waals surface area contributed by atoms with Crippen LogP contribution in [0.2, 0.25) is 0 Å². The van der Waals surface area contributed by atoms with Crippen molar-refractivity contribution in [2.24, 2.45) is 0 Å². The van der Waals surface area contributed by atoms with E-state index in [1.54, 1.807) is 6.08 Å². The number of benzene rings is 1. The summed E-state index contributed by atoms with van der Waals surface area (Å²) >= 11 is 0. The second-order valence-electron chi connectivity index (χ2n) is 3.70. The summed E-state index contributed by atoms with van der Waals surface area (Å²) in [4.78, 5) is 11.1. The Kier molecular flexibility index (Phi) is 2.92. The molecule has 0 aromatic heterocycles. The first-order valence-electron chi connectivity index (χ1n) is 4.99. The highest BCUT2D eigenvalue weighted by molar-refractivity contribution is 5.90. The van der Waals surface area contributed by atoms with Crippen LogP contribution >= 0.6 is 0 Å². The molecule has 0 bridgehead atoms. The van der Waals surface area contributed by atoms with E-state index in [0.29, 0.717) is 17.6 Å². The van der Waals surface area contributed by atoms with Crippen LogP contribution in [0.5, 0.6) is 0 Å². The number of carbonyl (C=O) groups is 1. The van der Waals surface area contributed by atoms with Crippen LogP contribution in [0.15, 0.2) is 35.9 Å². The summed E-state index contributed by atoms with van der Waals surface area (Å²) in [5, 5.41) is 0. The fourth-order valence-electron chi connectivity index (χ4n) is 1.57. The summed E-state index contributed by atoms with van der Waals surface area (Å²) in [6.07, 6.45) is -2.39. The molecule has 0 aliphatic carbocycles. The molecule has 0 saturated heterocycles. The number of hydrogen-bond acceptors (Lipinski definition) is 2. The third-order valence-corrected chi connectivity index (χ3v) is 2.48. The molecule has 17 heavy (non-hydrogen) atoms. The molecule has 1 aromatic carbocycles. The van der Waals surface area contributed by atoms with Crippen molar-refractivity contribution in [3.05, 3.63) is 47.0 Å². The lowest BCUT2D eigenvalue weighted by molar-refractivity contribution is -0.138. The summed E-state index contributed by atoms with van der Waals surface area (Å²) in [6.45, 7) is 0.245. The van der Waals surface area contributed by atoms with Gasteiger partial charge in [0, 0.05) is 12.0 Å². The number of cyclic esters (lactones) is 1. The minimum atomic E-state index is -4.33. The van der Waals surface area contributed by atoms with Crippen LogP contribution < -0.4 is 0 Å². The van der Waals surface area contributed by atoms with Crippen molar-refractivity contribution in [2.75, 3.05) is 6.61 Å². The van der Waals surface area contributed by atoms with E-state index in [1.165, 1.54) is 12.1 Å². The highest BCUT2D eigenvalue weighted by atomic mass is 19.4. The van der Waals surface area contributed by atoms with E-state index in [4.69, 9.17) is 4.74 Å². The standard InChI is InChI=1S/C12H9F3O2/c13-12(14,15)10-3-1-8(2-4-10)7-9-5-6-17-11(9)16/h1-5H,6-7H2. The van der Waals surface area contributed by atoms with Crippen LogP contribution in [0.4, 0.5) is 13.2 Å². The normalized spacial score (nSPS) is 15.7. The maximum absolute atomic E-state index is 12.3. The molecule has 0 fully saturated rings. The number of hydrogen-bond donors (Lipinski definition) is 0. The quantitative estimate of drug-likeness (QED) is 0.745. The summed E-state index contributed by atoms with van der Waals surface area (Å²) < 4.78 is 41.6. The predicted octanol–water partition coefficient (Wildman–Crippen LogP) is 2.73. The molecule has 1 aromatic rings. The van der Waals surface area contributed by atoms with Gasteiger partial charge < -0.3 is 4.74 Å². The van der Waals surface area contributed by atoms with E-state index in [0.717, 1.165) is 12.1 Å². The molecule has 90 valence electrons. The van der Waals surface area contributed by atoms with Gasteiger partial charge in [0.2, 0.25) is 0 Å². The zero-order valence-corrected chi connectivity index (χ0v) is 8.75. The molecule has 2 nitrogen and oxygen atoms in total. The average molecular weight is 242 g/mol. The Labute approximate surface area is 95.7 Å². The van der Waals surface area contributed by atoms with Gasteiger partial charge in [0.1, 0.15) is 6.61 Å². The summed E-state index contributed by atoms with van der Waals surface area (Å²) in [5.74, 6) is -0.398.